The van der Waals surface area contributed by atoms with Crippen molar-refractivity contribution in [3.05, 3.63) is 29.3 Å². The number of hydrogen-bond acceptors (Lipinski definition) is 5. The molecule has 26 heavy (non-hydrogen) atoms. The highest BCUT2D eigenvalue weighted by Crippen LogP contribution is 2.17. The molecule has 7 nitrogen and oxygen atoms in total. The summed E-state index contributed by atoms with van der Waals surface area (Å²) in [5.74, 6) is 0.409. The fraction of sp³-hybridized carbons (Fsp3) is 0.588. The Morgan fingerprint density at radius 1 is 1.35 bits per heavy atom. The fourth-order valence-corrected chi connectivity index (χ4v) is 3.76. The molecular weight excluding hydrogens is 467 g/mol. The van der Waals surface area contributed by atoms with Crippen molar-refractivity contribution in [2.24, 2.45) is 10.7 Å². The number of hydrogen-bond donors (Lipinski definition) is 2. The van der Waals surface area contributed by atoms with Crippen molar-refractivity contribution in [1.82, 2.24) is 10.2 Å². The smallest absolute Gasteiger partial charge is 0.188 e. The molecule has 148 valence electrons. The number of morpholine rings is 1. The summed E-state index contributed by atoms with van der Waals surface area (Å²) in [6.07, 6.45) is 2.21. The topological polar surface area (TPSA) is 97.0 Å². The molecule has 0 saturated carbocycles. The largest absolute Gasteiger partial charge is 0.379 e. The lowest BCUT2D eigenvalue weighted by Gasteiger charge is -2.26. The summed E-state index contributed by atoms with van der Waals surface area (Å²) in [5, 5.41) is 3.12. The number of halogens is 1. The van der Waals surface area contributed by atoms with E-state index in [4.69, 9.17) is 10.5 Å². The van der Waals surface area contributed by atoms with Gasteiger partial charge >= 0.3 is 0 Å². The maximum Gasteiger partial charge on any atom is 0.188 e. The predicted octanol–water partition coefficient (Wildman–Crippen LogP) is 1.14. The predicted molar refractivity (Wildman–Crippen MR) is 115 cm³/mol. The highest BCUT2D eigenvalue weighted by molar-refractivity contribution is 14.0. The van der Waals surface area contributed by atoms with Crippen LogP contribution in [0.4, 0.5) is 0 Å². The number of ether oxygens (including phenoxy) is 1. The van der Waals surface area contributed by atoms with Gasteiger partial charge in [-0.2, -0.15) is 0 Å². The Bertz CT molecular complexity index is 704. The molecule has 1 fully saturated rings. The summed E-state index contributed by atoms with van der Waals surface area (Å²) in [7, 11) is -3.19. The van der Waals surface area contributed by atoms with Crippen LogP contribution in [0.2, 0.25) is 0 Å². The van der Waals surface area contributed by atoms with Crippen LogP contribution in [0.15, 0.2) is 28.1 Å². The van der Waals surface area contributed by atoms with Gasteiger partial charge in [-0.25, -0.2) is 13.4 Å². The van der Waals surface area contributed by atoms with Crippen LogP contribution < -0.4 is 11.1 Å². The first-order valence-corrected chi connectivity index (χ1v) is 10.4. The van der Waals surface area contributed by atoms with E-state index in [1.165, 1.54) is 6.26 Å². The minimum Gasteiger partial charge on any atom is -0.379 e. The number of benzene rings is 1. The Labute approximate surface area is 173 Å². The van der Waals surface area contributed by atoms with E-state index in [2.05, 4.69) is 15.2 Å². The Kier molecular flexibility index (Phi) is 9.83. The van der Waals surface area contributed by atoms with Crippen molar-refractivity contribution in [2.45, 2.75) is 24.8 Å². The van der Waals surface area contributed by atoms with E-state index in [1.54, 1.807) is 19.1 Å². The van der Waals surface area contributed by atoms with Crippen LogP contribution in [0, 0.1) is 6.92 Å². The van der Waals surface area contributed by atoms with E-state index < -0.39 is 9.84 Å². The van der Waals surface area contributed by atoms with Crippen molar-refractivity contribution >= 4 is 39.8 Å². The second-order valence-corrected chi connectivity index (χ2v) is 8.29. The molecule has 1 heterocycles. The molecule has 0 aliphatic carbocycles. The van der Waals surface area contributed by atoms with Crippen LogP contribution in [0.3, 0.4) is 0 Å². The SMILES string of the molecule is Cc1cc(CN=C(N)NCCCN2CCOCC2)ccc1S(C)(=O)=O.I. The number of aliphatic imine (C=N–C) groups is 1. The zero-order chi connectivity index (χ0) is 18.3. The lowest BCUT2D eigenvalue weighted by Crippen LogP contribution is -2.39. The zero-order valence-corrected chi connectivity index (χ0v) is 18.5. The van der Waals surface area contributed by atoms with E-state index in [-0.39, 0.29) is 24.0 Å². The van der Waals surface area contributed by atoms with Crippen LogP contribution in [-0.2, 0) is 21.1 Å². The first kappa shape index (κ1) is 23.1. The Hall–Kier alpha value is -0.910. The number of nitrogens with zero attached hydrogens (tertiary/aromatic N) is 2. The highest BCUT2D eigenvalue weighted by atomic mass is 127. The number of guanidine groups is 1. The lowest BCUT2D eigenvalue weighted by molar-refractivity contribution is 0.0376. The molecule has 9 heteroatoms. The molecule has 1 aromatic carbocycles. The maximum atomic E-state index is 11.6. The molecule has 0 amide bonds. The first-order valence-electron chi connectivity index (χ1n) is 8.50. The molecule has 0 aromatic heterocycles. The van der Waals surface area contributed by atoms with Crippen LogP contribution in [0.1, 0.15) is 17.5 Å². The summed E-state index contributed by atoms with van der Waals surface area (Å²) in [6, 6.07) is 5.24. The van der Waals surface area contributed by atoms with Gasteiger partial charge in [-0.15, -0.1) is 24.0 Å². The number of sulfone groups is 1. The van der Waals surface area contributed by atoms with Gasteiger partial charge in [0.15, 0.2) is 15.8 Å². The van der Waals surface area contributed by atoms with Crippen molar-refractivity contribution < 1.29 is 13.2 Å². The Morgan fingerprint density at radius 3 is 2.65 bits per heavy atom. The van der Waals surface area contributed by atoms with Gasteiger partial charge in [-0.1, -0.05) is 12.1 Å². The molecule has 0 atom stereocenters. The monoisotopic (exact) mass is 496 g/mol. The molecule has 0 spiro atoms. The molecule has 0 bridgehead atoms. The quantitative estimate of drug-likeness (QED) is 0.255. The van der Waals surface area contributed by atoms with Crippen LogP contribution in [-0.4, -0.2) is 64.9 Å². The first-order chi connectivity index (χ1) is 11.9. The van der Waals surface area contributed by atoms with Gasteiger partial charge in [0, 0.05) is 25.9 Å². The molecular formula is C17H29IN4O3S. The van der Waals surface area contributed by atoms with E-state index in [1.807, 2.05) is 6.07 Å². The average molecular weight is 496 g/mol. The number of rotatable bonds is 7. The Balaban J connectivity index is 0.00000338. The minimum absolute atomic E-state index is 0. The highest BCUT2D eigenvalue weighted by Gasteiger charge is 2.11. The molecule has 0 radical (unpaired) electrons. The summed E-state index contributed by atoms with van der Waals surface area (Å²) < 4.78 is 28.6. The van der Waals surface area contributed by atoms with Crippen molar-refractivity contribution in [2.75, 3.05) is 45.6 Å². The Morgan fingerprint density at radius 2 is 2.04 bits per heavy atom. The maximum absolute atomic E-state index is 11.6. The third-order valence-corrected chi connectivity index (χ3v) is 5.39. The number of nitrogens with one attached hydrogen (secondary N) is 1. The van der Waals surface area contributed by atoms with Gasteiger partial charge in [0.2, 0.25) is 0 Å². The summed E-state index contributed by atoms with van der Waals surface area (Å²) in [5.41, 5.74) is 7.55. The number of aryl methyl sites for hydroxylation is 1. The summed E-state index contributed by atoms with van der Waals surface area (Å²) in [4.78, 5) is 7.05. The average Bonchev–Trinajstić information content (AvgIpc) is 2.57. The normalized spacial score (nSPS) is 16.2. The summed E-state index contributed by atoms with van der Waals surface area (Å²) in [6.45, 7) is 7.63. The third-order valence-electron chi connectivity index (χ3n) is 4.13. The molecule has 3 N–H and O–H groups in total. The van der Waals surface area contributed by atoms with Gasteiger partial charge < -0.3 is 15.8 Å². The third kappa shape index (κ3) is 7.77. The minimum atomic E-state index is -3.19. The molecule has 1 aliphatic heterocycles. The van der Waals surface area contributed by atoms with Crippen LogP contribution >= 0.6 is 24.0 Å². The van der Waals surface area contributed by atoms with Gasteiger partial charge in [0.1, 0.15) is 0 Å². The summed E-state index contributed by atoms with van der Waals surface area (Å²) >= 11 is 0. The van der Waals surface area contributed by atoms with E-state index >= 15 is 0 Å². The van der Waals surface area contributed by atoms with Gasteiger partial charge in [-0.05, 0) is 37.1 Å². The van der Waals surface area contributed by atoms with E-state index in [9.17, 15) is 8.42 Å². The zero-order valence-electron chi connectivity index (χ0n) is 15.4. The van der Waals surface area contributed by atoms with Crippen molar-refractivity contribution in [3.63, 3.8) is 0 Å². The van der Waals surface area contributed by atoms with Crippen LogP contribution in [0.5, 0.6) is 0 Å². The molecule has 0 unspecified atom stereocenters. The standard InChI is InChI=1S/C17H28N4O3S.HI/c1-14-12-15(4-5-16(14)25(2,22)23)13-20-17(18)19-6-3-7-21-8-10-24-11-9-21;/h4-5,12H,3,6-11,13H2,1-2H3,(H3,18,19,20);1H. The van der Waals surface area contributed by atoms with Gasteiger partial charge in [0.25, 0.3) is 0 Å². The van der Waals surface area contributed by atoms with Gasteiger partial charge in [-0.3, -0.25) is 4.90 Å². The van der Waals surface area contributed by atoms with Crippen molar-refractivity contribution in [1.29, 1.82) is 0 Å². The molecule has 1 saturated heterocycles. The number of nitrogens with two attached hydrogens (primary N) is 1. The molecule has 1 aliphatic rings. The lowest BCUT2D eigenvalue weighted by atomic mass is 10.1. The van der Waals surface area contributed by atoms with Gasteiger partial charge in [0.05, 0.1) is 24.7 Å². The van der Waals surface area contributed by atoms with E-state index in [0.29, 0.717) is 17.4 Å². The second kappa shape index (κ2) is 11.1. The van der Waals surface area contributed by atoms with Crippen LogP contribution in [0.25, 0.3) is 0 Å². The second-order valence-electron chi connectivity index (χ2n) is 6.31. The van der Waals surface area contributed by atoms with E-state index in [0.717, 1.165) is 56.9 Å². The fourth-order valence-electron chi connectivity index (χ4n) is 2.80. The van der Waals surface area contributed by atoms with Crippen molar-refractivity contribution in [3.8, 4) is 0 Å². The molecule has 1 aromatic rings. The molecule has 2 rings (SSSR count).